The molecule has 1 aliphatic rings. The van der Waals surface area contributed by atoms with Crippen molar-refractivity contribution in [3.63, 3.8) is 0 Å². The number of ether oxygens (including phenoxy) is 2. The Morgan fingerprint density at radius 2 is 2.58 bits per heavy atom. The van der Waals surface area contributed by atoms with Crippen LogP contribution in [0, 0.1) is 5.92 Å². The third-order valence-electron chi connectivity index (χ3n) is 1.83. The van der Waals surface area contributed by atoms with Crippen LogP contribution in [0.1, 0.15) is 0 Å². The van der Waals surface area contributed by atoms with E-state index in [1.807, 2.05) is 0 Å². The van der Waals surface area contributed by atoms with Gasteiger partial charge in [-0.05, 0) is 5.57 Å². The van der Waals surface area contributed by atoms with Crippen molar-refractivity contribution in [3.8, 4) is 0 Å². The lowest BCUT2D eigenvalue weighted by Gasteiger charge is -2.01. The summed E-state index contributed by atoms with van der Waals surface area (Å²) in [7, 11) is 1.36. The maximum absolute atomic E-state index is 10.8. The van der Waals surface area contributed by atoms with Crippen LogP contribution in [-0.2, 0) is 14.3 Å². The summed E-state index contributed by atoms with van der Waals surface area (Å²) < 4.78 is 9.66. The Kier molecular flexibility index (Phi) is 3.05. The monoisotopic (exact) mass is 168 g/mol. The van der Waals surface area contributed by atoms with Crippen LogP contribution < -0.4 is 0 Å². The Bertz CT molecular complexity index is 218. The van der Waals surface area contributed by atoms with E-state index in [1.54, 1.807) is 6.08 Å². The first kappa shape index (κ1) is 9.00. The molecule has 0 bridgehead atoms. The molecule has 0 aromatic heterocycles. The highest BCUT2D eigenvalue weighted by Gasteiger charge is 2.19. The first-order chi connectivity index (χ1) is 5.77. The average molecular weight is 168 g/mol. The fraction of sp³-hybridized carbons (Fsp3) is 0.444. The van der Waals surface area contributed by atoms with Gasteiger partial charge in [-0.3, -0.25) is 0 Å². The van der Waals surface area contributed by atoms with Crippen LogP contribution in [0.3, 0.4) is 0 Å². The van der Waals surface area contributed by atoms with Gasteiger partial charge in [0.1, 0.15) is 0 Å². The summed E-state index contributed by atoms with van der Waals surface area (Å²) in [4.78, 5) is 10.8. The Morgan fingerprint density at radius 3 is 3.17 bits per heavy atom. The van der Waals surface area contributed by atoms with Gasteiger partial charge in [-0.15, -0.1) is 6.58 Å². The molecule has 0 unspecified atom stereocenters. The van der Waals surface area contributed by atoms with E-state index in [2.05, 4.69) is 11.3 Å². The predicted molar refractivity (Wildman–Crippen MR) is 44.6 cm³/mol. The molecule has 66 valence electrons. The van der Waals surface area contributed by atoms with E-state index in [1.165, 1.54) is 13.2 Å². The van der Waals surface area contributed by atoms with Gasteiger partial charge in [0.05, 0.1) is 20.3 Å². The molecule has 1 rings (SSSR count). The lowest BCUT2D eigenvalue weighted by Crippen LogP contribution is -2.02. The molecule has 0 aromatic carbocycles. The molecule has 12 heavy (non-hydrogen) atoms. The van der Waals surface area contributed by atoms with Gasteiger partial charge in [-0.25, -0.2) is 4.79 Å². The van der Waals surface area contributed by atoms with Crippen LogP contribution in [-0.4, -0.2) is 26.3 Å². The summed E-state index contributed by atoms with van der Waals surface area (Å²) in [6.07, 6.45) is 3.25. The lowest BCUT2D eigenvalue weighted by molar-refractivity contribution is -0.134. The lowest BCUT2D eigenvalue weighted by atomic mass is 10.0. The summed E-state index contributed by atoms with van der Waals surface area (Å²) in [5, 5.41) is 0. The van der Waals surface area contributed by atoms with Crippen molar-refractivity contribution in [1.82, 2.24) is 0 Å². The van der Waals surface area contributed by atoms with Crippen LogP contribution in [0.25, 0.3) is 0 Å². The number of rotatable bonds is 2. The van der Waals surface area contributed by atoms with E-state index in [0.29, 0.717) is 13.2 Å². The number of carbonyl (C=O) groups excluding carboxylic acids is 1. The summed E-state index contributed by atoms with van der Waals surface area (Å²) in [6, 6.07) is 0. The van der Waals surface area contributed by atoms with E-state index < -0.39 is 0 Å². The molecule has 0 radical (unpaired) electrons. The van der Waals surface area contributed by atoms with Crippen molar-refractivity contribution >= 4 is 5.97 Å². The number of methoxy groups -OCH3 is 1. The van der Waals surface area contributed by atoms with Crippen LogP contribution in [0.4, 0.5) is 0 Å². The van der Waals surface area contributed by atoms with Crippen LogP contribution in [0.2, 0.25) is 0 Å². The second kappa shape index (κ2) is 4.07. The number of esters is 1. The molecule has 3 heteroatoms. The van der Waals surface area contributed by atoms with E-state index in [9.17, 15) is 4.79 Å². The van der Waals surface area contributed by atoms with Crippen molar-refractivity contribution in [2.45, 2.75) is 0 Å². The standard InChI is InChI=1S/C9H12O3/c1-3-7-5-12-6-8(7)4-9(10)11-2/h3-4,7H,1,5-6H2,2H3/b8-4-/t7-/m0/s1. The molecule has 1 aliphatic heterocycles. The minimum Gasteiger partial charge on any atom is -0.466 e. The zero-order valence-corrected chi connectivity index (χ0v) is 7.08. The molecule has 1 atom stereocenters. The first-order valence-corrected chi connectivity index (χ1v) is 3.76. The van der Waals surface area contributed by atoms with Gasteiger partial charge >= 0.3 is 5.97 Å². The molecule has 1 heterocycles. The maximum atomic E-state index is 10.8. The van der Waals surface area contributed by atoms with Gasteiger partial charge in [0.25, 0.3) is 0 Å². The summed E-state index contributed by atoms with van der Waals surface area (Å²) in [5.74, 6) is -0.161. The molecule has 0 amide bonds. The fourth-order valence-electron chi connectivity index (χ4n) is 1.10. The highest BCUT2D eigenvalue weighted by atomic mass is 16.5. The normalized spacial score (nSPS) is 25.8. The minimum atomic E-state index is -0.331. The number of hydrogen-bond donors (Lipinski definition) is 0. The van der Waals surface area contributed by atoms with Crippen molar-refractivity contribution in [2.75, 3.05) is 20.3 Å². The Hall–Kier alpha value is -1.09. The third kappa shape index (κ3) is 1.95. The topological polar surface area (TPSA) is 35.5 Å². The van der Waals surface area contributed by atoms with Gasteiger partial charge < -0.3 is 9.47 Å². The summed E-state index contributed by atoms with van der Waals surface area (Å²) >= 11 is 0. The van der Waals surface area contributed by atoms with Crippen LogP contribution in [0.5, 0.6) is 0 Å². The van der Waals surface area contributed by atoms with Crippen LogP contribution >= 0.6 is 0 Å². The second-order valence-electron chi connectivity index (χ2n) is 2.60. The highest BCUT2D eigenvalue weighted by molar-refractivity contribution is 5.82. The second-order valence-corrected chi connectivity index (χ2v) is 2.60. The zero-order chi connectivity index (χ0) is 8.97. The number of hydrogen-bond acceptors (Lipinski definition) is 3. The average Bonchev–Trinajstić information content (AvgIpc) is 2.51. The van der Waals surface area contributed by atoms with E-state index in [4.69, 9.17) is 4.74 Å². The number of carbonyl (C=O) groups is 1. The van der Waals surface area contributed by atoms with Gasteiger partial charge in [0.15, 0.2) is 0 Å². The van der Waals surface area contributed by atoms with Gasteiger partial charge in [-0.1, -0.05) is 6.08 Å². The maximum Gasteiger partial charge on any atom is 0.330 e. The quantitative estimate of drug-likeness (QED) is 0.349. The molecule has 1 fully saturated rings. The fourth-order valence-corrected chi connectivity index (χ4v) is 1.10. The molecule has 0 aliphatic carbocycles. The van der Waals surface area contributed by atoms with Gasteiger partial charge in [-0.2, -0.15) is 0 Å². The SMILES string of the molecule is C=C[C@H]1COC/C1=C/C(=O)OC. The van der Waals surface area contributed by atoms with Crippen molar-refractivity contribution in [3.05, 3.63) is 24.3 Å². The summed E-state index contributed by atoms with van der Waals surface area (Å²) in [6.45, 7) is 4.78. The van der Waals surface area contributed by atoms with Crippen molar-refractivity contribution in [2.24, 2.45) is 5.92 Å². The minimum absolute atomic E-state index is 0.170. The molecule has 3 nitrogen and oxygen atoms in total. The smallest absolute Gasteiger partial charge is 0.330 e. The largest absolute Gasteiger partial charge is 0.466 e. The van der Waals surface area contributed by atoms with Crippen molar-refractivity contribution < 1.29 is 14.3 Å². The van der Waals surface area contributed by atoms with Crippen molar-refractivity contribution in [1.29, 1.82) is 0 Å². The van der Waals surface area contributed by atoms with Gasteiger partial charge in [0.2, 0.25) is 0 Å². The molecule has 0 saturated carbocycles. The molecule has 1 saturated heterocycles. The molecule has 0 aromatic rings. The third-order valence-corrected chi connectivity index (χ3v) is 1.83. The molecular weight excluding hydrogens is 156 g/mol. The van der Waals surface area contributed by atoms with Gasteiger partial charge in [0, 0.05) is 12.0 Å². The molecule has 0 N–H and O–H groups in total. The zero-order valence-electron chi connectivity index (χ0n) is 7.08. The highest BCUT2D eigenvalue weighted by Crippen LogP contribution is 2.20. The Labute approximate surface area is 71.7 Å². The Morgan fingerprint density at radius 1 is 1.83 bits per heavy atom. The van der Waals surface area contributed by atoms with E-state index in [-0.39, 0.29) is 11.9 Å². The predicted octanol–water partition coefficient (Wildman–Crippen LogP) is 0.918. The van der Waals surface area contributed by atoms with Crippen LogP contribution in [0.15, 0.2) is 24.3 Å². The Balaban J connectivity index is 2.66. The molecular formula is C9H12O3. The van der Waals surface area contributed by atoms with E-state index >= 15 is 0 Å². The van der Waals surface area contributed by atoms with E-state index in [0.717, 1.165) is 5.57 Å². The first-order valence-electron chi connectivity index (χ1n) is 3.76. The molecule has 0 spiro atoms. The summed E-state index contributed by atoms with van der Waals surface area (Å²) in [5.41, 5.74) is 0.942.